The standard InChI is InChI=1S/C21H20N4O3/c26-19(12-11-18-24-17-4-2-1-3-16(17)21(28)25-18)22-14-7-9-15(10-8-14)23-20(27)13-5-6-13/h1-4,7-10,13H,5-6,11-12H2,(H,22,26)(H,23,27)(H,24,25,28). The molecule has 1 aliphatic rings. The SMILES string of the molecule is O=C(CCc1nc2ccccc2c(=O)[nH]1)Nc1ccc(NC(=O)C2CC2)cc1. The van der Waals surface area contributed by atoms with E-state index in [2.05, 4.69) is 20.6 Å². The Kier molecular flexibility index (Phi) is 4.89. The molecule has 1 saturated carbocycles. The van der Waals surface area contributed by atoms with Gasteiger partial charge in [-0.3, -0.25) is 14.4 Å². The van der Waals surface area contributed by atoms with Crippen molar-refractivity contribution in [3.05, 3.63) is 64.7 Å². The molecule has 0 atom stereocenters. The third kappa shape index (κ3) is 4.25. The number of rotatable bonds is 6. The first-order chi connectivity index (χ1) is 13.6. The summed E-state index contributed by atoms with van der Waals surface area (Å²) in [5.74, 6) is 0.505. The molecule has 0 spiro atoms. The Balaban J connectivity index is 1.33. The normalized spacial score (nSPS) is 13.3. The zero-order valence-corrected chi connectivity index (χ0v) is 15.2. The second kappa shape index (κ2) is 7.64. The summed E-state index contributed by atoms with van der Waals surface area (Å²) in [6.07, 6.45) is 2.44. The maximum Gasteiger partial charge on any atom is 0.258 e. The van der Waals surface area contributed by atoms with Crippen molar-refractivity contribution in [1.29, 1.82) is 0 Å². The molecule has 0 aliphatic heterocycles. The highest BCUT2D eigenvalue weighted by Crippen LogP contribution is 2.30. The van der Waals surface area contributed by atoms with Crippen LogP contribution in [0, 0.1) is 5.92 Å². The van der Waals surface area contributed by atoms with E-state index in [1.807, 2.05) is 6.07 Å². The number of amides is 2. The minimum atomic E-state index is -0.204. The van der Waals surface area contributed by atoms with E-state index >= 15 is 0 Å². The van der Waals surface area contributed by atoms with Gasteiger partial charge in [-0.05, 0) is 49.2 Å². The van der Waals surface area contributed by atoms with E-state index < -0.39 is 0 Å². The monoisotopic (exact) mass is 376 g/mol. The lowest BCUT2D eigenvalue weighted by atomic mass is 10.2. The number of aryl methyl sites for hydroxylation is 1. The molecular weight excluding hydrogens is 356 g/mol. The van der Waals surface area contributed by atoms with Crippen LogP contribution in [0.2, 0.25) is 0 Å². The quantitative estimate of drug-likeness (QED) is 0.615. The van der Waals surface area contributed by atoms with Gasteiger partial charge in [0.15, 0.2) is 0 Å². The maximum absolute atomic E-state index is 12.2. The highest BCUT2D eigenvalue weighted by atomic mass is 16.2. The molecule has 0 radical (unpaired) electrons. The predicted octanol–water partition coefficient (Wildman–Crippen LogP) is 2.84. The Morgan fingerprint density at radius 3 is 2.39 bits per heavy atom. The Bertz CT molecular complexity index is 1080. The van der Waals surface area contributed by atoms with Crippen LogP contribution in [0.25, 0.3) is 10.9 Å². The van der Waals surface area contributed by atoms with Gasteiger partial charge in [-0.25, -0.2) is 4.98 Å². The molecule has 3 N–H and O–H groups in total. The Hall–Kier alpha value is -3.48. The lowest BCUT2D eigenvalue weighted by molar-refractivity contribution is -0.117. The minimum absolute atomic E-state index is 0.0497. The van der Waals surface area contributed by atoms with Gasteiger partial charge in [0.1, 0.15) is 5.82 Å². The molecule has 1 aromatic heterocycles. The highest BCUT2D eigenvalue weighted by molar-refractivity contribution is 5.95. The molecule has 4 rings (SSSR count). The number of aromatic nitrogens is 2. The fourth-order valence-corrected chi connectivity index (χ4v) is 2.94. The average Bonchev–Trinajstić information content (AvgIpc) is 3.53. The summed E-state index contributed by atoms with van der Waals surface area (Å²) in [5.41, 5.74) is 1.78. The van der Waals surface area contributed by atoms with Gasteiger partial charge in [0.2, 0.25) is 11.8 Å². The molecule has 1 fully saturated rings. The molecule has 2 aromatic carbocycles. The van der Waals surface area contributed by atoms with Crippen LogP contribution in [0.15, 0.2) is 53.3 Å². The summed E-state index contributed by atoms with van der Waals surface area (Å²) in [6.45, 7) is 0. The van der Waals surface area contributed by atoms with E-state index in [4.69, 9.17) is 0 Å². The Morgan fingerprint density at radius 1 is 1.00 bits per heavy atom. The summed E-state index contributed by atoms with van der Waals surface area (Å²) in [4.78, 5) is 43.1. The fraction of sp³-hybridized carbons (Fsp3) is 0.238. The van der Waals surface area contributed by atoms with Gasteiger partial charge in [-0.1, -0.05) is 12.1 Å². The van der Waals surface area contributed by atoms with E-state index in [0.29, 0.717) is 34.5 Å². The fourth-order valence-electron chi connectivity index (χ4n) is 2.94. The third-order valence-electron chi connectivity index (χ3n) is 4.64. The van der Waals surface area contributed by atoms with Gasteiger partial charge < -0.3 is 15.6 Å². The van der Waals surface area contributed by atoms with Crippen molar-refractivity contribution in [2.45, 2.75) is 25.7 Å². The molecule has 1 heterocycles. The van der Waals surface area contributed by atoms with E-state index in [9.17, 15) is 14.4 Å². The molecule has 0 saturated heterocycles. The molecule has 0 unspecified atom stereocenters. The number of fused-ring (bicyclic) bond motifs is 1. The molecule has 3 aromatic rings. The third-order valence-corrected chi connectivity index (χ3v) is 4.64. The number of carbonyl (C=O) groups is 2. The van der Waals surface area contributed by atoms with Crippen LogP contribution < -0.4 is 16.2 Å². The Morgan fingerprint density at radius 2 is 1.68 bits per heavy atom. The minimum Gasteiger partial charge on any atom is -0.326 e. The van der Waals surface area contributed by atoms with Crippen molar-refractivity contribution in [3.8, 4) is 0 Å². The molecule has 0 bridgehead atoms. The molecule has 1 aliphatic carbocycles. The van der Waals surface area contributed by atoms with Crippen LogP contribution in [0.5, 0.6) is 0 Å². The number of anilines is 2. The lowest BCUT2D eigenvalue weighted by Crippen LogP contribution is -2.16. The van der Waals surface area contributed by atoms with Gasteiger partial charge in [-0.2, -0.15) is 0 Å². The summed E-state index contributed by atoms with van der Waals surface area (Å²) >= 11 is 0. The predicted molar refractivity (Wildman–Crippen MR) is 107 cm³/mol. The summed E-state index contributed by atoms with van der Waals surface area (Å²) < 4.78 is 0. The van der Waals surface area contributed by atoms with Crippen LogP contribution in [-0.4, -0.2) is 21.8 Å². The number of hydrogen-bond acceptors (Lipinski definition) is 4. The average molecular weight is 376 g/mol. The van der Waals surface area contributed by atoms with Crippen molar-refractivity contribution in [1.82, 2.24) is 9.97 Å². The number of hydrogen-bond donors (Lipinski definition) is 3. The van der Waals surface area contributed by atoms with E-state index in [1.54, 1.807) is 42.5 Å². The summed E-state index contributed by atoms with van der Waals surface area (Å²) in [6, 6.07) is 14.1. The highest BCUT2D eigenvalue weighted by Gasteiger charge is 2.29. The van der Waals surface area contributed by atoms with Crippen LogP contribution >= 0.6 is 0 Å². The van der Waals surface area contributed by atoms with Gasteiger partial charge in [0.25, 0.3) is 5.56 Å². The smallest absolute Gasteiger partial charge is 0.258 e. The van der Waals surface area contributed by atoms with Crippen LogP contribution in [0.3, 0.4) is 0 Å². The number of nitrogens with zero attached hydrogens (tertiary/aromatic N) is 1. The van der Waals surface area contributed by atoms with E-state index in [0.717, 1.165) is 12.8 Å². The lowest BCUT2D eigenvalue weighted by Gasteiger charge is -2.08. The first kappa shape index (κ1) is 17.9. The number of benzene rings is 2. The molecule has 28 heavy (non-hydrogen) atoms. The van der Waals surface area contributed by atoms with Crippen molar-refractivity contribution in [3.63, 3.8) is 0 Å². The van der Waals surface area contributed by atoms with Gasteiger partial charge in [-0.15, -0.1) is 0 Å². The Labute approximate surface area is 161 Å². The number of aromatic amines is 1. The van der Waals surface area contributed by atoms with E-state index in [1.165, 1.54) is 0 Å². The molecule has 7 heteroatoms. The number of para-hydroxylation sites is 1. The molecule has 142 valence electrons. The summed E-state index contributed by atoms with van der Waals surface area (Å²) in [5, 5.41) is 6.20. The number of H-pyrrole nitrogens is 1. The van der Waals surface area contributed by atoms with Crippen LogP contribution in [0.4, 0.5) is 11.4 Å². The van der Waals surface area contributed by atoms with Crippen molar-refractivity contribution in [2.75, 3.05) is 10.6 Å². The largest absolute Gasteiger partial charge is 0.326 e. The molecule has 7 nitrogen and oxygen atoms in total. The van der Waals surface area contributed by atoms with Crippen molar-refractivity contribution >= 4 is 34.1 Å². The maximum atomic E-state index is 12.2. The second-order valence-corrected chi connectivity index (χ2v) is 6.92. The van der Waals surface area contributed by atoms with Crippen LogP contribution in [0.1, 0.15) is 25.1 Å². The molecule has 2 amide bonds. The van der Waals surface area contributed by atoms with Gasteiger partial charge >= 0.3 is 0 Å². The first-order valence-corrected chi connectivity index (χ1v) is 9.27. The second-order valence-electron chi connectivity index (χ2n) is 6.92. The zero-order valence-electron chi connectivity index (χ0n) is 15.2. The van der Waals surface area contributed by atoms with Crippen LogP contribution in [-0.2, 0) is 16.0 Å². The summed E-state index contributed by atoms with van der Waals surface area (Å²) in [7, 11) is 0. The number of nitrogens with one attached hydrogen (secondary N) is 3. The van der Waals surface area contributed by atoms with Gasteiger partial charge in [0.05, 0.1) is 10.9 Å². The van der Waals surface area contributed by atoms with Crippen molar-refractivity contribution < 1.29 is 9.59 Å². The number of carbonyl (C=O) groups excluding carboxylic acids is 2. The molecular formula is C21H20N4O3. The van der Waals surface area contributed by atoms with Gasteiger partial charge in [0, 0.05) is 30.1 Å². The topological polar surface area (TPSA) is 104 Å². The van der Waals surface area contributed by atoms with E-state index in [-0.39, 0.29) is 29.7 Å². The first-order valence-electron chi connectivity index (χ1n) is 9.27. The zero-order chi connectivity index (χ0) is 19.5. The van der Waals surface area contributed by atoms with Crippen molar-refractivity contribution in [2.24, 2.45) is 5.92 Å².